The highest BCUT2D eigenvalue weighted by Crippen LogP contribution is 2.40. The van der Waals surface area contributed by atoms with E-state index < -0.39 is 11.9 Å². The number of ether oxygens (including phenoxy) is 2. The van der Waals surface area contributed by atoms with Gasteiger partial charge in [0.15, 0.2) is 11.0 Å². The lowest BCUT2D eigenvalue weighted by Gasteiger charge is -2.33. The molecule has 0 amide bonds. The van der Waals surface area contributed by atoms with E-state index in [1.165, 1.54) is 6.07 Å². The molecule has 3 aromatic rings. The van der Waals surface area contributed by atoms with Crippen molar-refractivity contribution < 1.29 is 23.8 Å². The van der Waals surface area contributed by atoms with Crippen molar-refractivity contribution in [3.63, 3.8) is 0 Å². The van der Waals surface area contributed by atoms with E-state index in [9.17, 15) is 9.59 Å². The van der Waals surface area contributed by atoms with Crippen LogP contribution in [-0.4, -0.2) is 24.3 Å². The van der Waals surface area contributed by atoms with Crippen LogP contribution < -0.4 is 14.9 Å². The van der Waals surface area contributed by atoms with Crippen LogP contribution in [0.25, 0.3) is 22.3 Å². The second-order valence-electron chi connectivity index (χ2n) is 7.16. The standard InChI is InChI=1S/C22H19ClO6/c1-11-6-15(19-9-17(24)14-4-3-5-16(23)21(14)29-19)20(10-18(11)27-2)28-13-7-12(8-13)22(25)26/h3-6,9-10,12-13H,7-8H2,1-2H3,(H,25,26)/t12-,13-. The Labute approximate surface area is 171 Å². The summed E-state index contributed by atoms with van der Waals surface area (Å²) in [6.45, 7) is 1.88. The van der Waals surface area contributed by atoms with Gasteiger partial charge in [-0.05, 0) is 43.5 Å². The summed E-state index contributed by atoms with van der Waals surface area (Å²) in [4.78, 5) is 23.7. The van der Waals surface area contributed by atoms with E-state index in [1.54, 1.807) is 31.4 Å². The van der Waals surface area contributed by atoms with Crippen molar-refractivity contribution >= 4 is 28.5 Å². The van der Waals surface area contributed by atoms with Gasteiger partial charge in [-0.25, -0.2) is 0 Å². The number of carboxylic acids is 1. The van der Waals surface area contributed by atoms with Gasteiger partial charge in [0.1, 0.15) is 23.4 Å². The summed E-state index contributed by atoms with van der Waals surface area (Å²) in [5, 5.41) is 9.83. The Morgan fingerprint density at radius 3 is 2.66 bits per heavy atom. The van der Waals surface area contributed by atoms with Crippen molar-refractivity contribution in [3.8, 4) is 22.8 Å². The zero-order valence-electron chi connectivity index (χ0n) is 15.9. The van der Waals surface area contributed by atoms with Gasteiger partial charge < -0.3 is 19.0 Å². The molecule has 0 atom stereocenters. The molecule has 1 heterocycles. The second kappa shape index (κ2) is 7.44. The normalized spacial score (nSPS) is 18.3. The fourth-order valence-corrected chi connectivity index (χ4v) is 3.71. The molecule has 6 nitrogen and oxygen atoms in total. The fraction of sp³-hybridized carbons (Fsp3) is 0.273. The summed E-state index contributed by atoms with van der Waals surface area (Å²) in [6.07, 6.45) is 0.634. The minimum absolute atomic E-state index is 0.210. The molecule has 0 aliphatic heterocycles. The predicted molar refractivity (Wildman–Crippen MR) is 109 cm³/mol. The van der Waals surface area contributed by atoms with Gasteiger partial charge in [0.05, 0.1) is 29.0 Å². The maximum atomic E-state index is 12.6. The highest BCUT2D eigenvalue weighted by Gasteiger charge is 2.36. The first-order valence-electron chi connectivity index (χ1n) is 9.18. The van der Waals surface area contributed by atoms with E-state index >= 15 is 0 Å². The summed E-state index contributed by atoms with van der Waals surface area (Å²) < 4.78 is 17.4. The van der Waals surface area contributed by atoms with Crippen LogP contribution in [0.5, 0.6) is 11.5 Å². The Kier molecular flexibility index (Phi) is 4.96. The molecule has 1 saturated carbocycles. The Balaban J connectivity index is 1.80. The fourth-order valence-electron chi connectivity index (χ4n) is 3.50. The number of methoxy groups -OCH3 is 1. The quantitative estimate of drug-likeness (QED) is 0.652. The number of hydrogen-bond donors (Lipinski definition) is 1. The highest BCUT2D eigenvalue weighted by molar-refractivity contribution is 6.34. The van der Waals surface area contributed by atoms with Crippen molar-refractivity contribution in [1.29, 1.82) is 0 Å². The van der Waals surface area contributed by atoms with Crippen LogP contribution in [0.2, 0.25) is 5.02 Å². The third-order valence-corrected chi connectivity index (χ3v) is 5.50. The molecule has 150 valence electrons. The van der Waals surface area contributed by atoms with Crippen LogP contribution >= 0.6 is 11.6 Å². The summed E-state index contributed by atoms with van der Waals surface area (Å²) in [5.41, 5.74) is 1.53. The lowest BCUT2D eigenvalue weighted by atomic mass is 9.82. The van der Waals surface area contributed by atoms with Crippen LogP contribution in [0, 0.1) is 12.8 Å². The first-order valence-corrected chi connectivity index (χ1v) is 9.56. The maximum absolute atomic E-state index is 12.6. The van der Waals surface area contributed by atoms with Crippen molar-refractivity contribution in [2.24, 2.45) is 5.92 Å². The molecule has 29 heavy (non-hydrogen) atoms. The first-order chi connectivity index (χ1) is 13.9. The third-order valence-electron chi connectivity index (χ3n) is 5.21. The largest absolute Gasteiger partial charge is 0.496 e. The number of carbonyl (C=O) groups is 1. The molecule has 1 N–H and O–H groups in total. The van der Waals surface area contributed by atoms with E-state index in [2.05, 4.69) is 0 Å². The Morgan fingerprint density at radius 2 is 1.97 bits per heavy atom. The van der Waals surface area contributed by atoms with Crippen molar-refractivity contribution in [2.45, 2.75) is 25.9 Å². The van der Waals surface area contributed by atoms with Crippen molar-refractivity contribution in [3.05, 3.63) is 57.2 Å². The summed E-state index contributed by atoms with van der Waals surface area (Å²) in [7, 11) is 1.56. The molecule has 0 radical (unpaired) electrons. The molecule has 7 heteroatoms. The molecule has 0 spiro atoms. The topological polar surface area (TPSA) is 86.0 Å². The molecule has 1 fully saturated rings. The molecule has 4 rings (SSSR count). The van der Waals surface area contributed by atoms with Crippen LogP contribution in [0.15, 0.2) is 45.6 Å². The van der Waals surface area contributed by atoms with Gasteiger partial charge in [0.2, 0.25) is 0 Å². The molecular weight excluding hydrogens is 396 g/mol. The highest BCUT2D eigenvalue weighted by atomic mass is 35.5. The second-order valence-corrected chi connectivity index (χ2v) is 7.56. The van der Waals surface area contributed by atoms with E-state index in [0.717, 1.165) is 5.56 Å². The summed E-state index contributed by atoms with van der Waals surface area (Å²) >= 11 is 6.23. The molecule has 0 saturated heterocycles. The number of halogens is 1. The first kappa shape index (κ1) is 19.3. The lowest BCUT2D eigenvalue weighted by molar-refractivity contribution is -0.147. The van der Waals surface area contributed by atoms with Crippen molar-refractivity contribution in [1.82, 2.24) is 0 Å². The van der Waals surface area contributed by atoms with Gasteiger partial charge in [-0.15, -0.1) is 0 Å². The monoisotopic (exact) mass is 414 g/mol. The molecular formula is C22H19ClO6. The number of carboxylic acid groups (broad SMARTS) is 1. The van der Waals surface area contributed by atoms with Gasteiger partial charge in [-0.1, -0.05) is 17.7 Å². The van der Waals surface area contributed by atoms with Gasteiger partial charge in [0.25, 0.3) is 0 Å². The van der Waals surface area contributed by atoms with Gasteiger partial charge in [0, 0.05) is 12.1 Å². The Morgan fingerprint density at radius 1 is 1.21 bits per heavy atom. The Hall–Kier alpha value is -2.99. The van der Waals surface area contributed by atoms with Crippen LogP contribution in [0.1, 0.15) is 18.4 Å². The summed E-state index contributed by atoms with van der Waals surface area (Å²) in [5.74, 6) is 0.204. The SMILES string of the molecule is COc1cc(O[C@H]2C[C@H](C(=O)O)C2)c(-c2cc(=O)c3cccc(Cl)c3o2)cc1C. The molecule has 1 aliphatic carbocycles. The number of benzene rings is 2. The van der Waals surface area contributed by atoms with Gasteiger partial charge in [-0.3, -0.25) is 9.59 Å². The molecule has 2 aromatic carbocycles. The number of hydrogen-bond acceptors (Lipinski definition) is 5. The number of aliphatic carboxylic acids is 1. The smallest absolute Gasteiger partial charge is 0.306 e. The number of rotatable bonds is 5. The maximum Gasteiger partial charge on any atom is 0.306 e. The molecule has 0 unspecified atom stereocenters. The third kappa shape index (κ3) is 3.56. The lowest BCUT2D eigenvalue weighted by Crippen LogP contribution is -2.38. The predicted octanol–water partition coefficient (Wildman–Crippen LogP) is 4.67. The minimum Gasteiger partial charge on any atom is -0.496 e. The van der Waals surface area contributed by atoms with E-state index in [1.807, 2.05) is 13.0 Å². The van der Waals surface area contributed by atoms with Crippen LogP contribution in [0.4, 0.5) is 0 Å². The van der Waals surface area contributed by atoms with E-state index in [4.69, 9.17) is 30.6 Å². The Bertz CT molecular complexity index is 1160. The molecule has 0 bridgehead atoms. The summed E-state index contributed by atoms with van der Waals surface area (Å²) in [6, 6.07) is 9.98. The number of para-hydroxylation sites is 1. The average Bonchev–Trinajstić information content (AvgIpc) is 2.65. The van der Waals surface area contributed by atoms with Gasteiger partial charge in [-0.2, -0.15) is 0 Å². The number of fused-ring (bicyclic) bond motifs is 1. The average molecular weight is 415 g/mol. The number of aryl methyl sites for hydroxylation is 1. The van der Waals surface area contributed by atoms with Crippen LogP contribution in [0.3, 0.4) is 0 Å². The van der Waals surface area contributed by atoms with E-state index in [-0.39, 0.29) is 11.5 Å². The molecule has 1 aromatic heterocycles. The zero-order valence-corrected chi connectivity index (χ0v) is 16.7. The van der Waals surface area contributed by atoms with E-state index in [0.29, 0.717) is 51.7 Å². The van der Waals surface area contributed by atoms with Crippen LogP contribution in [-0.2, 0) is 4.79 Å². The van der Waals surface area contributed by atoms with Crippen molar-refractivity contribution in [2.75, 3.05) is 7.11 Å². The molecule has 1 aliphatic rings. The minimum atomic E-state index is -0.818. The van der Waals surface area contributed by atoms with Gasteiger partial charge >= 0.3 is 5.97 Å². The zero-order chi connectivity index (χ0) is 20.7.